The van der Waals surface area contributed by atoms with Crippen molar-refractivity contribution < 1.29 is 38.7 Å². The van der Waals surface area contributed by atoms with Crippen molar-refractivity contribution in [2.45, 2.75) is 59.2 Å². The average molecular weight is 610 g/mol. The van der Waals surface area contributed by atoms with Gasteiger partial charge in [0.1, 0.15) is 50.1 Å². The molecular formula is C31H38Cl2O8. The van der Waals surface area contributed by atoms with E-state index >= 15 is 0 Å². The summed E-state index contributed by atoms with van der Waals surface area (Å²) in [4.78, 5) is 23.0. The number of hydrogen-bond acceptors (Lipinski definition) is 8. The van der Waals surface area contributed by atoms with E-state index in [1.54, 1.807) is 12.1 Å². The fourth-order valence-corrected chi connectivity index (χ4v) is 4.40. The first-order valence-corrected chi connectivity index (χ1v) is 13.7. The summed E-state index contributed by atoms with van der Waals surface area (Å²) in [5, 5.41) is 21.0. The van der Waals surface area contributed by atoms with Crippen LogP contribution >= 0.6 is 23.2 Å². The maximum absolute atomic E-state index is 11.5. The molecule has 10 heteroatoms. The van der Waals surface area contributed by atoms with Gasteiger partial charge in [0.25, 0.3) is 0 Å². The topological polar surface area (TPSA) is 112 Å². The van der Waals surface area contributed by atoms with Crippen LogP contribution in [0.15, 0.2) is 48.6 Å². The second-order valence-electron chi connectivity index (χ2n) is 10.5. The number of rotatable bonds is 14. The number of aryl methyl sites for hydroxylation is 2. The van der Waals surface area contributed by atoms with Gasteiger partial charge < -0.3 is 29.2 Å². The van der Waals surface area contributed by atoms with Gasteiger partial charge in [-0.15, -0.1) is 0 Å². The fourth-order valence-electron chi connectivity index (χ4n) is 3.76. The van der Waals surface area contributed by atoms with E-state index in [1.165, 1.54) is 13.8 Å². The molecule has 0 amide bonds. The van der Waals surface area contributed by atoms with E-state index in [9.17, 15) is 19.8 Å². The Kier molecular flexibility index (Phi) is 12.3. The number of halogens is 2. The van der Waals surface area contributed by atoms with Gasteiger partial charge >= 0.3 is 11.9 Å². The summed E-state index contributed by atoms with van der Waals surface area (Å²) >= 11 is 13.2. The summed E-state index contributed by atoms with van der Waals surface area (Å²) < 4.78 is 21.4. The van der Waals surface area contributed by atoms with Crippen LogP contribution in [0.4, 0.5) is 0 Å². The highest BCUT2D eigenvalue weighted by atomic mass is 35.5. The lowest BCUT2D eigenvalue weighted by molar-refractivity contribution is -0.143. The van der Waals surface area contributed by atoms with Crippen LogP contribution < -0.4 is 9.47 Å². The van der Waals surface area contributed by atoms with E-state index in [-0.39, 0.29) is 37.6 Å². The normalized spacial score (nSPS) is 12.7. The molecule has 0 aliphatic heterocycles. The Morgan fingerprint density at radius 2 is 1.10 bits per heavy atom. The molecule has 0 fully saturated rings. The van der Waals surface area contributed by atoms with E-state index in [1.807, 2.05) is 39.8 Å². The quantitative estimate of drug-likeness (QED) is 0.209. The zero-order valence-electron chi connectivity index (χ0n) is 24.3. The molecule has 0 bridgehead atoms. The molecule has 0 aliphatic carbocycles. The molecule has 0 saturated heterocycles. The number of carbonyl (C=O) groups is 2. The van der Waals surface area contributed by atoms with Gasteiger partial charge in [-0.25, -0.2) is 9.59 Å². The van der Waals surface area contributed by atoms with Crippen molar-refractivity contribution in [1.29, 1.82) is 0 Å². The maximum atomic E-state index is 11.5. The summed E-state index contributed by atoms with van der Waals surface area (Å²) in [6.45, 7) is 17.1. The van der Waals surface area contributed by atoms with Gasteiger partial charge in [-0.3, -0.25) is 0 Å². The molecular weight excluding hydrogens is 571 g/mol. The Labute approximate surface area is 251 Å². The van der Waals surface area contributed by atoms with Crippen LogP contribution in [0.25, 0.3) is 0 Å². The monoisotopic (exact) mass is 608 g/mol. The van der Waals surface area contributed by atoms with Crippen molar-refractivity contribution in [2.24, 2.45) is 0 Å². The molecule has 2 unspecified atom stereocenters. The lowest BCUT2D eigenvalue weighted by Crippen LogP contribution is -2.26. The first-order valence-electron chi connectivity index (χ1n) is 12.9. The Morgan fingerprint density at radius 1 is 0.756 bits per heavy atom. The predicted octanol–water partition coefficient (Wildman–Crippen LogP) is 5.65. The number of carbonyl (C=O) groups excluding carboxylic acids is 2. The molecule has 41 heavy (non-hydrogen) atoms. The fraction of sp³-hybridized carbons (Fsp3) is 0.419. The molecule has 8 nitrogen and oxygen atoms in total. The zero-order chi connectivity index (χ0) is 31.1. The summed E-state index contributed by atoms with van der Waals surface area (Å²) in [7, 11) is 0. The third kappa shape index (κ3) is 9.50. The van der Waals surface area contributed by atoms with E-state index in [4.69, 9.17) is 42.1 Å². The van der Waals surface area contributed by atoms with E-state index in [0.717, 1.165) is 22.3 Å². The van der Waals surface area contributed by atoms with Gasteiger partial charge in [-0.1, -0.05) is 62.3 Å². The third-order valence-corrected chi connectivity index (χ3v) is 6.81. The number of aliphatic hydroxyl groups is 2. The number of aliphatic hydroxyl groups excluding tert-OH is 2. The Bertz CT molecular complexity index is 1160. The van der Waals surface area contributed by atoms with Gasteiger partial charge in [0.15, 0.2) is 0 Å². The van der Waals surface area contributed by atoms with Crippen LogP contribution in [0.2, 0.25) is 10.0 Å². The largest absolute Gasteiger partial charge is 0.489 e. The molecule has 2 N–H and O–H groups in total. The Hall–Kier alpha value is -3.04. The van der Waals surface area contributed by atoms with Crippen molar-refractivity contribution in [1.82, 2.24) is 0 Å². The van der Waals surface area contributed by atoms with Gasteiger partial charge in [-0.05, 0) is 62.1 Å². The molecule has 0 saturated carbocycles. The van der Waals surface area contributed by atoms with Crippen LogP contribution in [-0.2, 0) is 24.5 Å². The van der Waals surface area contributed by atoms with Crippen molar-refractivity contribution in [3.63, 3.8) is 0 Å². The average Bonchev–Trinajstić information content (AvgIpc) is 2.88. The molecule has 2 aromatic carbocycles. The van der Waals surface area contributed by atoms with Crippen LogP contribution in [0.5, 0.6) is 11.5 Å². The van der Waals surface area contributed by atoms with E-state index < -0.39 is 29.6 Å². The molecule has 0 spiro atoms. The first kappa shape index (κ1) is 34.2. The molecule has 2 atom stereocenters. The second-order valence-corrected chi connectivity index (χ2v) is 11.3. The van der Waals surface area contributed by atoms with Gasteiger partial charge in [-0.2, -0.15) is 0 Å². The molecule has 0 aliphatic rings. The minimum absolute atomic E-state index is 0.117. The van der Waals surface area contributed by atoms with Gasteiger partial charge in [0.2, 0.25) is 0 Å². The molecule has 2 aromatic rings. The van der Waals surface area contributed by atoms with Gasteiger partial charge in [0, 0.05) is 16.6 Å². The summed E-state index contributed by atoms with van der Waals surface area (Å²) in [6.07, 6.45) is -2.08. The second kappa shape index (κ2) is 14.7. The standard InChI is InChI=1S/C31H38Cl2O8/c1-17(2)29(36)40-15-23(34)13-38-27-19(5)9-21(11-25(27)32)31(7,8)22-10-20(6)28(26(33)12-22)39-14-24(35)16-41-30(37)18(3)4/h9-12,23-24,34-35H,1,3,13-16H2,2,4-8H3. The SMILES string of the molecule is C=C(C)C(=O)OCC(O)COc1c(C)cc(C(C)(C)c2cc(C)c(OCC(O)COC(=O)C(=C)C)c(Cl)c2)cc1Cl. The highest BCUT2D eigenvalue weighted by molar-refractivity contribution is 6.32. The number of ether oxygens (including phenoxy) is 4. The Balaban J connectivity index is 2.14. The highest BCUT2D eigenvalue weighted by Gasteiger charge is 2.27. The summed E-state index contributed by atoms with van der Waals surface area (Å²) in [5.74, 6) is -0.332. The number of benzene rings is 2. The predicted molar refractivity (Wildman–Crippen MR) is 159 cm³/mol. The Morgan fingerprint density at radius 3 is 1.39 bits per heavy atom. The van der Waals surface area contributed by atoms with Crippen molar-refractivity contribution in [3.8, 4) is 11.5 Å². The van der Waals surface area contributed by atoms with Crippen molar-refractivity contribution >= 4 is 35.1 Å². The van der Waals surface area contributed by atoms with Gasteiger partial charge in [0.05, 0.1) is 10.0 Å². The minimum atomic E-state index is -1.04. The molecule has 2 rings (SSSR count). The molecule has 224 valence electrons. The van der Waals surface area contributed by atoms with Crippen molar-refractivity contribution in [3.05, 3.63) is 80.9 Å². The lowest BCUT2D eigenvalue weighted by atomic mass is 9.77. The van der Waals surface area contributed by atoms with Crippen molar-refractivity contribution in [2.75, 3.05) is 26.4 Å². The van der Waals surface area contributed by atoms with E-state index in [2.05, 4.69) is 13.2 Å². The van der Waals surface area contributed by atoms with Crippen LogP contribution in [-0.4, -0.2) is 60.8 Å². The highest BCUT2D eigenvalue weighted by Crippen LogP contribution is 2.41. The molecule has 0 heterocycles. The first-order chi connectivity index (χ1) is 19.0. The van der Waals surface area contributed by atoms with Crippen LogP contribution in [0.1, 0.15) is 49.9 Å². The van der Waals surface area contributed by atoms with Crippen LogP contribution in [0.3, 0.4) is 0 Å². The molecule has 0 aromatic heterocycles. The summed E-state index contributed by atoms with van der Waals surface area (Å²) in [6, 6.07) is 7.50. The number of esters is 2. The summed E-state index contributed by atoms with van der Waals surface area (Å²) in [5.41, 5.74) is 3.29. The smallest absolute Gasteiger partial charge is 0.333 e. The lowest BCUT2D eigenvalue weighted by Gasteiger charge is -2.29. The van der Waals surface area contributed by atoms with Crippen LogP contribution in [0, 0.1) is 13.8 Å². The third-order valence-electron chi connectivity index (χ3n) is 6.25. The zero-order valence-corrected chi connectivity index (χ0v) is 25.8. The van der Waals surface area contributed by atoms with E-state index in [0.29, 0.717) is 21.5 Å². The maximum Gasteiger partial charge on any atom is 0.333 e. The number of hydrogen-bond donors (Lipinski definition) is 2. The minimum Gasteiger partial charge on any atom is -0.489 e. The molecule has 0 radical (unpaired) electrons.